The van der Waals surface area contributed by atoms with Crippen molar-refractivity contribution in [2.45, 2.75) is 44.3 Å². The van der Waals surface area contributed by atoms with Gasteiger partial charge in [0, 0.05) is 6.54 Å². The van der Waals surface area contributed by atoms with E-state index >= 15 is 0 Å². The molecule has 1 aromatic rings. The predicted octanol–water partition coefficient (Wildman–Crippen LogP) is 2.20. The molecule has 0 unspecified atom stereocenters. The summed E-state index contributed by atoms with van der Waals surface area (Å²) in [6.45, 7) is 2.92. The minimum absolute atomic E-state index is 0.0512. The molecule has 1 aromatic heterocycles. The molecule has 2 fully saturated rings. The number of aryl methyl sites for hydroxylation is 1. The second-order valence-corrected chi connectivity index (χ2v) is 6.60. The molecule has 0 bridgehead atoms. The molecule has 2 aliphatic carbocycles. The van der Waals surface area contributed by atoms with Crippen LogP contribution in [0.1, 0.15) is 31.5 Å². The Labute approximate surface area is 116 Å². The maximum Gasteiger partial charge on any atom is 0.313 e. The number of rotatable bonds is 7. The minimum atomic E-state index is -0.807. The lowest BCUT2D eigenvalue weighted by atomic mass is 9.98. The Morgan fingerprint density at radius 1 is 1.37 bits per heavy atom. The normalized spacial score (nSPS) is 19.1. The zero-order valence-corrected chi connectivity index (χ0v) is 11.9. The first-order chi connectivity index (χ1) is 9.15. The van der Waals surface area contributed by atoms with Gasteiger partial charge in [0.05, 0.1) is 5.75 Å². The van der Waals surface area contributed by atoms with Gasteiger partial charge in [0.15, 0.2) is 5.16 Å². The molecule has 104 valence electrons. The quantitative estimate of drug-likeness (QED) is 0.776. The topological polar surface area (TPSA) is 68.0 Å². The third-order valence-electron chi connectivity index (χ3n) is 4.07. The standard InChI is InChI=1S/C13H19N3O2S/c1-8-14-15-13(19-7-12(17)18)16(8)6-11(9-2-3-9)10-4-5-10/h9-11H,2-7H2,1H3,(H,17,18). The Hall–Kier alpha value is -1.04. The van der Waals surface area contributed by atoms with Crippen molar-refractivity contribution in [1.29, 1.82) is 0 Å². The second kappa shape index (κ2) is 5.15. The molecule has 0 atom stereocenters. The second-order valence-electron chi connectivity index (χ2n) is 5.66. The zero-order valence-electron chi connectivity index (χ0n) is 11.1. The van der Waals surface area contributed by atoms with Gasteiger partial charge in [-0.3, -0.25) is 4.79 Å². The fourth-order valence-corrected chi connectivity index (χ4v) is 3.46. The van der Waals surface area contributed by atoms with Crippen LogP contribution in [0.2, 0.25) is 0 Å². The van der Waals surface area contributed by atoms with E-state index in [1.165, 1.54) is 37.4 Å². The van der Waals surface area contributed by atoms with Gasteiger partial charge in [-0.2, -0.15) is 0 Å². The van der Waals surface area contributed by atoms with E-state index in [1.807, 2.05) is 6.92 Å². The molecule has 0 aliphatic heterocycles. The van der Waals surface area contributed by atoms with Gasteiger partial charge in [-0.15, -0.1) is 10.2 Å². The van der Waals surface area contributed by atoms with Crippen LogP contribution in [-0.4, -0.2) is 31.6 Å². The summed E-state index contributed by atoms with van der Waals surface area (Å²) in [5.74, 6) is 2.66. The van der Waals surface area contributed by atoms with Gasteiger partial charge < -0.3 is 9.67 Å². The summed E-state index contributed by atoms with van der Waals surface area (Å²) in [6.07, 6.45) is 5.44. The molecule has 0 saturated heterocycles. The van der Waals surface area contributed by atoms with Crippen LogP contribution in [0, 0.1) is 24.7 Å². The average Bonchev–Trinajstić information content (AvgIpc) is 3.24. The third-order valence-corrected chi connectivity index (χ3v) is 5.03. The molecule has 3 rings (SSSR count). The van der Waals surface area contributed by atoms with E-state index < -0.39 is 5.97 Å². The van der Waals surface area contributed by atoms with Crippen LogP contribution in [0.4, 0.5) is 0 Å². The van der Waals surface area contributed by atoms with Gasteiger partial charge in [-0.1, -0.05) is 11.8 Å². The summed E-state index contributed by atoms with van der Waals surface area (Å²) >= 11 is 1.27. The van der Waals surface area contributed by atoms with E-state index in [-0.39, 0.29) is 5.75 Å². The van der Waals surface area contributed by atoms with Crippen molar-refractivity contribution in [1.82, 2.24) is 14.8 Å². The number of aromatic nitrogens is 3. The number of aliphatic carboxylic acids is 1. The monoisotopic (exact) mass is 281 g/mol. The molecule has 2 aliphatic rings. The molecule has 19 heavy (non-hydrogen) atoms. The van der Waals surface area contributed by atoms with Crippen LogP contribution in [0.25, 0.3) is 0 Å². The molecular formula is C13H19N3O2S. The number of carboxylic acid groups (broad SMARTS) is 1. The first kappa shape index (κ1) is 13.0. The van der Waals surface area contributed by atoms with Crippen molar-refractivity contribution in [2.24, 2.45) is 17.8 Å². The third kappa shape index (κ3) is 3.11. The van der Waals surface area contributed by atoms with E-state index in [1.54, 1.807) is 0 Å². The maximum absolute atomic E-state index is 10.7. The van der Waals surface area contributed by atoms with Crippen LogP contribution >= 0.6 is 11.8 Å². The summed E-state index contributed by atoms with van der Waals surface area (Å²) in [6, 6.07) is 0. The van der Waals surface area contributed by atoms with E-state index in [9.17, 15) is 4.79 Å². The number of carbonyl (C=O) groups is 1. The minimum Gasteiger partial charge on any atom is -0.481 e. The molecular weight excluding hydrogens is 262 g/mol. The highest BCUT2D eigenvalue weighted by Crippen LogP contribution is 2.50. The Bertz CT molecular complexity index is 468. The molecule has 0 spiro atoms. The fraction of sp³-hybridized carbons (Fsp3) is 0.769. The molecule has 0 radical (unpaired) electrons. The van der Waals surface area contributed by atoms with Gasteiger partial charge >= 0.3 is 5.97 Å². The molecule has 0 aromatic carbocycles. The molecule has 1 N–H and O–H groups in total. The molecule has 6 heteroatoms. The highest BCUT2D eigenvalue weighted by Gasteiger charge is 2.41. The van der Waals surface area contributed by atoms with Crippen LogP contribution in [0.5, 0.6) is 0 Å². The first-order valence-corrected chi connectivity index (χ1v) is 7.88. The SMILES string of the molecule is Cc1nnc(SCC(=O)O)n1CC(C1CC1)C1CC1. The zero-order chi connectivity index (χ0) is 13.4. The smallest absolute Gasteiger partial charge is 0.313 e. The van der Waals surface area contributed by atoms with E-state index in [2.05, 4.69) is 14.8 Å². The molecule has 1 heterocycles. The molecule has 2 saturated carbocycles. The van der Waals surface area contributed by atoms with Crippen molar-refractivity contribution >= 4 is 17.7 Å². The van der Waals surface area contributed by atoms with Crippen molar-refractivity contribution in [3.8, 4) is 0 Å². The van der Waals surface area contributed by atoms with Gasteiger partial charge in [0.25, 0.3) is 0 Å². The van der Waals surface area contributed by atoms with Gasteiger partial charge in [0.1, 0.15) is 5.82 Å². The van der Waals surface area contributed by atoms with E-state index in [0.29, 0.717) is 0 Å². The lowest BCUT2D eigenvalue weighted by Gasteiger charge is -2.18. The summed E-state index contributed by atoms with van der Waals surface area (Å²) in [5.41, 5.74) is 0. The van der Waals surface area contributed by atoms with Crippen LogP contribution in [0.3, 0.4) is 0 Å². The molecule has 0 amide bonds. The Morgan fingerprint density at radius 2 is 2.00 bits per heavy atom. The van der Waals surface area contributed by atoms with Crippen molar-refractivity contribution < 1.29 is 9.90 Å². The number of thioether (sulfide) groups is 1. The Kier molecular flexibility index (Phi) is 3.52. The van der Waals surface area contributed by atoms with Gasteiger partial charge in [-0.05, 0) is 50.4 Å². The molecule has 5 nitrogen and oxygen atoms in total. The highest BCUT2D eigenvalue weighted by atomic mass is 32.2. The highest BCUT2D eigenvalue weighted by molar-refractivity contribution is 7.99. The van der Waals surface area contributed by atoms with Crippen molar-refractivity contribution in [2.75, 3.05) is 5.75 Å². The largest absolute Gasteiger partial charge is 0.481 e. The van der Waals surface area contributed by atoms with Crippen molar-refractivity contribution in [3.05, 3.63) is 5.82 Å². The summed E-state index contributed by atoms with van der Waals surface area (Å²) < 4.78 is 2.12. The van der Waals surface area contributed by atoms with Crippen LogP contribution in [0.15, 0.2) is 5.16 Å². The van der Waals surface area contributed by atoms with Crippen molar-refractivity contribution in [3.63, 3.8) is 0 Å². The van der Waals surface area contributed by atoms with Gasteiger partial charge in [-0.25, -0.2) is 0 Å². The Morgan fingerprint density at radius 3 is 2.53 bits per heavy atom. The lowest BCUT2D eigenvalue weighted by molar-refractivity contribution is -0.133. The average molecular weight is 281 g/mol. The summed E-state index contributed by atoms with van der Waals surface area (Å²) in [4.78, 5) is 10.7. The summed E-state index contributed by atoms with van der Waals surface area (Å²) in [5, 5.41) is 17.7. The van der Waals surface area contributed by atoms with Gasteiger partial charge in [0.2, 0.25) is 0 Å². The van der Waals surface area contributed by atoms with E-state index in [4.69, 9.17) is 5.11 Å². The number of nitrogens with zero attached hydrogens (tertiary/aromatic N) is 3. The first-order valence-electron chi connectivity index (χ1n) is 6.89. The maximum atomic E-state index is 10.7. The number of hydrogen-bond acceptors (Lipinski definition) is 4. The van der Waals surface area contributed by atoms with Crippen LogP contribution in [-0.2, 0) is 11.3 Å². The predicted molar refractivity (Wildman–Crippen MR) is 72.1 cm³/mol. The van der Waals surface area contributed by atoms with Crippen LogP contribution < -0.4 is 0 Å². The number of carboxylic acids is 1. The van der Waals surface area contributed by atoms with E-state index in [0.717, 1.165) is 35.3 Å². The number of hydrogen-bond donors (Lipinski definition) is 1. The lowest BCUT2D eigenvalue weighted by Crippen LogP contribution is -2.17. The fourth-order valence-electron chi connectivity index (χ4n) is 2.75. The summed E-state index contributed by atoms with van der Waals surface area (Å²) in [7, 11) is 0. The Balaban J connectivity index is 1.71.